The van der Waals surface area contributed by atoms with Gasteiger partial charge in [-0.15, -0.1) is 0 Å². The van der Waals surface area contributed by atoms with Crippen molar-refractivity contribution in [1.29, 1.82) is 0 Å². The fourth-order valence-electron chi connectivity index (χ4n) is 2.87. The number of nitrogens with one attached hydrogen (secondary N) is 2. The molecule has 2 rings (SSSR count). The molecule has 1 aliphatic heterocycles. The van der Waals surface area contributed by atoms with Gasteiger partial charge < -0.3 is 5.32 Å². The Morgan fingerprint density at radius 2 is 2.18 bits per heavy atom. The van der Waals surface area contributed by atoms with Crippen LogP contribution in [0.3, 0.4) is 0 Å². The lowest BCUT2D eigenvalue weighted by atomic mass is 9.85. The molecule has 2 N–H and O–H groups in total. The lowest BCUT2D eigenvalue weighted by molar-refractivity contribution is -0.136. The lowest BCUT2D eigenvalue weighted by Gasteiger charge is -2.24. The molecule has 4 nitrogen and oxygen atoms in total. The van der Waals surface area contributed by atoms with E-state index in [1.807, 2.05) is 0 Å². The first-order valence-electron chi connectivity index (χ1n) is 6.84. The molecule has 17 heavy (non-hydrogen) atoms. The van der Waals surface area contributed by atoms with Crippen molar-refractivity contribution >= 4 is 5.91 Å². The van der Waals surface area contributed by atoms with Gasteiger partial charge in [0.05, 0.1) is 12.6 Å². The van der Waals surface area contributed by atoms with Crippen LogP contribution in [0.25, 0.3) is 0 Å². The number of rotatable bonds is 4. The Balaban J connectivity index is 1.73. The van der Waals surface area contributed by atoms with Gasteiger partial charge in [0.15, 0.2) is 0 Å². The largest absolute Gasteiger partial charge is 0.303 e. The Labute approximate surface area is 103 Å². The van der Waals surface area contributed by atoms with Crippen molar-refractivity contribution in [1.82, 2.24) is 10.8 Å². The summed E-state index contributed by atoms with van der Waals surface area (Å²) < 4.78 is 0. The molecule has 2 fully saturated rings. The molecule has 1 saturated carbocycles. The molecule has 98 valence electrons. The average molecular weight is 240 g/mol. The van der Waals surface area contributed by atoms with Crippen LogP contribution >= 0.6 is 0 Å². The normalized spacial score (nSPS) is 32.5. The highest BCUT2D eigenvalue weighted by Crippen LogP contribution is 2.33. The summed E-state index contributed by atoms with van der Waals surface area (Å²) in [6.45, 7) is 4.70. The van der Waals surface area contributed by atoms with E-state index in [4.69, 9.17) is 4.84 Å². The second-order valence-corrected chi connectivity index (χ2v) is 5.78. The van der Waals surface area contributed by atoms with Crippen LogP contribution in [0.2, 0.25) is 0 Å². The van der Waals surface area contributed by atoms with E-state index in [1.165, 1.54) is 25.7 Å². The molecule has 1 amide bonds. The Bertz CT molecular complexity index is 254. The summed E-state index contributed by atoms with van der Waals surface area (Å²) in [5.74, 6) is 1.14. The van der Waals surface area contributed by atoms with Crippen LogP contribution in [0.15, 0.2) is 0 Å². The topological polar surface area (TPSA) is 50.4 Å². The van der Waals surface area contributed by atoms with Gasteiger partial charge in [0.2, 0.25) is 0 Å². The predicted octanol–water partition coefficient (Wildman–Crippen LogP) is 1.61. The number of hydroxylamine groups is 1. The highest BCUT2D eigenvalue weighted by atomic mass is 16.7. The Hall–Kier alpha value is -0.610. The van der Waals surface area contributed by atoms with Crippen LogP contribution in [-0.4, -0.2) is 24.6 Å². The molecule has 3 atom stereocenters. The van der Waals surface area contributed by atoms with Gasteiger partial charge in [0, 0.05) is 6.04 Å². The third-order valence-electron chi connectivity index (χ3n) is 3.77. The van der Waals surface area contributed by atoms with E-state index < -0.39 is 0 Å². The minimum atomic E-state index is -0.0461. The molecule has 0 spiro atoms. The average Bonchev–Trinajstić information content (AvgIpc) is 2.71. The molecule has 0 radical (unpaired) electrons. The summed E-state index contributed by atoms with van der Waals surface area (Å²) in [6, 6.07) is 0.514. The van der Waals surface area contributed by atoms with Crippen molar-refractivity contribution in [3.8, 4) is 0 Å². The second kappa shape index (κ2) is 5.83. The van der Waals surface area contributed by atoms with Crippen molar-refractivity contribution < 1.29 is 9.63 Å². The van der Waals surface area contributed by atoms with Crippen molar-refractivity contribution in [2.75, 3.05) is 6.61 Å². The molecule has 1 saturated heterocycles. The maximum atomic E-state index is 11.9. The molecule has 0 aromatic rings. The maximum absolute atomic E-state index is 11.9. The quantitative estimate of drug-likeness (QED) is 0.734. The molecule has 4 heteroatoms. The zero-order valence-electron chi connectivity index (χ0n) is 10.9. The number of hydrogen-bond donors (Lipinski definition) is 2. The first-order chi connectivity index (χ1) is 8.16. The van der Waals surface area contributed by atoms with Crippen LogP contribution in [-0.2, 0) is 9.63 Å². The summed E-state index contributed by atoms with van der Waals surface area (Å²) >= 11 is 0. The van der Waals surface area contributed by atoms with E-state index in [2.05, 4.69) is 24.6 Å². The van der Waals surface area contributed by atoms with Gasteiger partial charge in [0.1, 0.15) is 0 Å². The van der Waals surface area contributed by atoms with Crippen LogP contribution in [0.1, 0.15) is 46.0 Å². The van der Waals surface area contributed by atoms with Gasteiger partial charge in [-0.1, -0.05) is 26.7 Å². The number of fused-ring (bicyclic) bond motifs is 1. The van der Waals surface area contributed by atoms with E-state index in [9.17, 15) is 4.79 Å². The second-order valence-electron chi connectivity index (χ2n) is 5.78. The molecular weight excluding hydrogens is 216 g/mol. The first-order valence-corrected chi connectivity index (χ1v) is 6.84. The summed E-state index contributed by atoms with van der Waals surface area (Å²) in [4.78, 5) is 17.1. The van der Waals surface area contributed by atoms with Crippen LogP contribution in [0.5, 0.6) is 0 Å². The molecule has 3 unspecified atom stereocenters. The van der Waals surface area contributed by atoms with Crippen LogP contribution < -0.4 is 10.8 Å². The SMILES string of the molecule is CC(C)CONC(=O)C1CC2CCCCC2N1. The Kier molecular flexibility index (Phi) is 4.40. The van der Waals surface area contributed by atoms with E-state index >= 15 is 0 Å². The molecule has 1 heterocycles. The van der Waals surface area contributed by atoms with Crippen LogP contribution in [0, 0.1) is 11.8 Å². The van der Waals surface area contributed by atoms with Gasteiger partial charge in [0.25, 0.3) is 5.91 Å². The van der Waals surface area contributed by atoms with Gasteiger partial charge in [-0.2, -0.15) is 0 Å². The Morgan fingerprint density at radius 3 is 2.88 bits per heavy atom. The highest BCUT2D eigenvalue weighted by Gasteiger charge is 2.38. The van der Waals surface area contributed by atoms with E-state index in [0.29, 0.717) is 24.5 Å². The van der Waals surface area contributed by atoms with Crippen molar-refractivity contribution in [2.24, 2.45) is 11.8 Å². The van der Waals surface area contributed by atoms with Crippen molar-refractivity contribution in [2.45, 2.75) is 58.0 Å². The van der Waals surface area contributed by atoms with E-state index in [1.54, 1.807) is 0 Å². The fourth-order valence-corrected chi connectivity index (χ4v) is 2.87. The highest BCUT2D eigenvalue weighted by molar-refractivity contribution is 5.81. The van der Waals surface area contributed by atoms with E-state index in [-0.39, 0.29) is 11.9 Å². The molecule has 1 aliphatic carbocycles. The number of hydrogen-bond acceptors (Lipinski definition) is 3. The third kappa shape index (κ3) is 3.42. The predicted molar refractivity (Wildman–Crippen MR) is 66.2 cm³/mol. The minimum absolute atomic E-state index is 0.0000463. The molecule has 0 bridgehead atoms. The zero-order chi connectivity index (χ0) is 12.3. The molecular formula is C13H24N2O2. The smallest absolute Gasteiger partial charge is 0.260 e. The number of carbonyl (C=O) groups is 1. The van der Waals surface area contributed by atoms with E-state index in [0.717, 1.165) is 6.42 Å². The maximum Gasteiger partial charge on any atom is 0.260 e. The summed E-state index contributed by atoms with van der Waals surface area (Å²) in [5.41, 5.74) is 2.56. The fraction of sp³-hybridized carbons (Fsp3) is 0.923. The molecule has 2 aliphatic rings. The van der Waals surface area contributed by atoms with Gasteiger partial charge >= 0.3 is 0 Å². The molecule has 0 aromatic carbocycles. The number of amides is 1. The summed E-state index contributed by atoms with van der Waals surface area (Å²) in [6.07, 6.45) is 6.09. The van der Waals surface area contributed by atoms with Gasteiger partial charge in [-0.25, -0.2) is 5.48 Å². The van der Waals surface area contributed by atoms with Gasteiger partial charge in [-0.05, 0) is 31.1 Å². The zero-order valence-corrected chi connectivity index (χ0v) is 10.9. The van der Waals surface area contributed by atoms with Crippen molar-refractivity contribution in [3.63, 3.8) is 0 Å². The van der Waals surface area contributed by atoms with Crippen LogP contribution in [0.4, 0.5) is 0 Å². The summed E-state index contributed by atoms with van der Waals surface area (Å²) in [7, 11) is 0. The van der Waals surface area contributed by atoms with Gasteiger partial charge in [-0.3, -0.25) is 9.63 Å². The standard InChI is InChI=1S/C13H24N2O2/c1-9(2)8-17-15-13(16)12-7-10-5-3-4-6-11(10)14-12/h9-12,14H,3-8H2,1-2H3,(H,15,16). The Morgan fingerprint density at radius 1 is 1.41 bits per heavy atom. The van der Waals surface area contributed by atoms with Crippen molar-refractivity contribution in [3.05, 3.63) is 0 Å². The first kappa shape index (κ1) is 12.8. The number of carbonyl (C=O) groups excluding carboxylic acids is 1. The summed E-state index contributed by atoms with van der Waals surface area (Å²) in [5, 5.41) is 3.44. The third-order valence-corrected chi connectivity index (χ3v) is 3.77. The minimum Gasteiger partial charge on any atom is -0.303 e. The molecule has 0 aromatic heterocycles. The lowest BCUT2D eigenvalue weighted by Crippen LogP contribution is -2.43. The monoisotopic (exact) mass is 240 g/mol.